The summed E-state index contributed by atoms with van der Waals surface area (Å²) in [4.78, 5) is 9.08. The van der Waals surface area contributed by atoms with Crippen molar-refractivity contribution in [2.45, 2.75) is 89.9 Å². The van der Waals surface area contributed by atoms with Gasteiger partial charge in [0.15, 0.2) is 0 Å². The van der Waals surface area contributed by atoms with Crippen LogP contribution >= 0.6 is 0 Å². The molecule has 0 amide bonds. The number of nitrogens with zero attached hydrogens (tertiary/aromatic N) is 3. The molecular formula is C20H31N3. The van der Waals surface area contributed by atoms with Gasteiger partial charge in [-0.15, -0.1) is 0 Å². The lowest BCUT2D eigenvalue weighted by molar-refractivity contribution is 0.253. The molecule has 0 saturated heterocycles. The van der Waals surface area contributed by atoms with E-state index in [-0.39, 0.29) is 0 Å². The minimum atomic E-state index is -0.440. The number of aromatic nitrogens is 2. The molecule has 2 rings (SSSR count). The first-order valence-corrected chi connectivity index (χ1v) is 9.46. The van der Waals surface area contributed by atoms with Crippen LogP contribution in [0.5, 0.6) is 0 Å². The number of hydrogen-bond acceptors (Lipinski definition) is 3. The molecule has 1 aliphatic rings. The average Bonchev–Trinajstić information content (AvgIpc) is 2.60. The SMILES string of the molecule is CCCCCCC1CCC(C#N)(c2ncc(CCC)cn2)CC1. The Labute approximate surface area is 141 Å². The molecule has 3 nitrogen and oxygen atoms in total. The largest absolute Gasteiger partial charge is 0.239 e. The Balaban J connectivity index is 1.92. The molecule has 0 unspecified atom stereocenters. The van der Waals surface area contributed by atoms with Crippen molar-refractivity contribution in [2.24, 2.45) is 5.92 Å². The van der Waals surface area contributed by atoms with E-state index in [0.29, 0.717) is 0 Å². The number of rotatable bonds is 8. The zero-order chi connectivity index (χ0) is 16.5. The van der Waals surface area contributed by atoms with Crippen LogP contribution in [0.4, 0.5) is 0 Å². The zero-order valence-electron chi connectivity index (χ0n) is 14.9. The Morgan fingerprint density at radius 3 is 2.35 bits per heavy atom. The van der Waals surface area contributed by atoms with Crippen LogP contribution in [-0.4, -0.2) is 9.97 Å². The van der Waals surface area contributed by atoms with Crippen molar-refractivity contribution in [1.29, 1.82) is 5.26 Å². The molecule has 3 heteroatoms. The predicted octanol–water partition coefficient (Wildman–Crippen LogP) is 5.35. The monoisotopic (exact) mass is 313 g/mol. The molecular weight excluding hydrogens is 282 g/mol. The molecule has 0 spiro atoms. The first-order valence-electron chi connectivity index (χ1n) is 9.46. The second-order valence-corrected chi connectivity index (χ2v) is 7.15. The van der Waals surface area contributed by atoms with Crippen LogP contribution in [0.2, 0.25) is 0 Å². The maximum Gasteiger partial charge on any atom is 0.148 e. The van der Waals surface area contributed by atoms with Crippen LogP contribution in [-0.2, 0) is 11.8 Å². The summed E-state index contributed by atoms with van der Waals surface area (Å²) in [6.45, 7) is 4.42. The fraction of sp³-hybridized carbons (Fsp3) is 0.750. The van der Waals surface area contributed by atoms with Crippen molar-refractivity contribution in [1.82, 2.24) is 9.97 Å². The third-order valence-electron chi connectivity index (χ3n) is 5.31. The van der Waals surface area contributed by atoms with Gasteiger partial charge in [-0.25, -0.2) is 9.97 Å². The Hall–Kier alpha value is -1.43. The Morgan fingerprint density at radius 2 is 1.78 bits per heavy atom. The lowest BCUT2D eigenvalue weighted by Gasteiger charge is -2.33. The van der Waals surface area contributed by atoms with Crippen LogP contribution in [0.1, 0.15) is 89.4 Å². The predicted molar refractivity (Wildman–Crippen MR) is 94.0 cm³/mol. The van der Waals surface area contributed by atoms with Gasteiger partial charge in [0.2, 0.25) is 0 Å². The van der Waals surface area contributed by atoms with Gasteiger partial charge in [-0.3, -0.25) is 0 Å². The van der Waals surface area contributed by atoms with E-state index in [4.69, 9.17) is 0 Å². The summed E-state index contributed by atoms with van der Waals surface area (Å²) >= 11 is 0. The molecule has 0 aromatic carbocycles. The van der Waals surface area contributed by atoms with Crippen LogP contribution in [0.25, 0.3) is 0 Å². The molecule has 126 valence electrons. The molecule has 23 heavy (non-hydrogen) atoms. The van der Waals surface area contributed by atoms with Crippen molar-refractivity contribution >= 4 is 0 Å². The highest BCUT2D eigenvalue weighted by Crippen LogP contribution is 2.41. The smallest absolute Gasteiger partial charge is 0.148 e. The van der Waals surface area contributed by atoms with Crippen LogP contribution in [0, 0.1) is 17.2 Å². The number of unbranched alkanes of at least 4 members (excludes halogenated alkanes) is 3. The maximum absolute atomic E-state index is 9.77. The molecule has 0 atom stereocenters. The molecule has 1 aromatic heterocycles. The lowest BCUT2D eigenvalue weighted by Crippen LogP contribution is -2.32. The van der Waals surface area contributed by atoms with E-state index in [0.717, 1.165) is 50.3 Å². The van der Waals surface area contributed by atoms with E-state index in [1.807, 2.05) is 12.4 Å². The van der Waals surface area contributed by atoms with Gasteiger partial charge < -0.3 is 0 Å². The molecule has 0 N–H and O–H groups in total. The molecule has 0 bridgehead atoms. The second-order valence-electron chi connectivity index (χ2n) is 7.15. The highest BCUT2D eigenvalue weighted by Gasteiger charge is 2.39. The minimum Gasteiger partial charge on any atom is -0.239 e. The standard InChI is InChI=1S/C20H31N3/c1-3-5-6-7-9-17-10-12-20(16-21,13-11-17)19-22-14-18(8-4-2)15-23-19/h14-15,17H,3-13H2,1-2H3. The third-order valence-corrected chi connectivity index (χ3v) is 5.31. The highest BCUT2D eigenvalue weighted by atomic mass is 14.9. The van der Waals surface area contributed by atoms with E-state index >= 15 is 0 Å². The van der Waals surface area contributed by atoms with Crippen molar-refractivity contribution in [3.8, 4) is 6.07 Å². The second kappa shape index (κ2) is 9.01. The Morgan fingerprint density at radius 1 is 1.09 bits per heavy atom. The van der Waals surface area contributed by atoms with E-state index in [9.17, 15) is 5.26 Å². The topological polar surface area (TPSA) is 49.6 Å². The normalized spacial score (nSPS) is 24.3. The van der Waals surface area contributed by atoms with E-state index in [2.05, 4.69) is 29.9 Å². The fourth-order valence-corrected chi connectivity index (χ4v) is 3.72. The molecule has 1 saturated carbocycles. The number of aryl methyl sites for hydroxylation is 1. The Kier molecular flexibility index (Phi) is 7.02. The van der Waals surface area contributed by atoms with Crippen LogP contribution in [0.3, 0.4) is 0 Å². The quantitative estimate of drug-likeness (QED) is 0.608. The van der Waals surface area contributed by atoms with Gasteiger partial charge in [-0.05, 0) is 43.6 Å². The van der Waals surface area contributed by atoms with E-state index in [1.54, 1.807) is 0 Å². The lowest BCUT2D eigenvalue weighted by atomic mass is 9.69. The molecule has 1 heterocycles. The average molecular weight is 313 g/mol. The molecule has 1 aromatic rings. The molecule has 1 aliphatic carbocycles. The van der Waals surface area contributed by atoms with Gasteiger partial charge in [0.25, 0.3) is 0 Å². The molecule has 0 aliphatic heterocycles. The summed E-state index contributed by atoms with van der Waals surface area (Å²) in [5, 5.41) is 9.77. The minimum absolute atomic E-state index is 0.440. The van der Waals surface area contributed by atoms with E-state index in [1.165, 1.54) is 37.7 Å². The number of hydrogen-bond donors (Lipinski definition) is 0. The summed E-state index contributed by atoms with van der Waals surface area (Å²) < 4.78 is 0. The Bertz CT molecular complexity index is 493. The third kappa shape index (κ3) is 4.77. The summed E-state index contributed by atoms with van der Waals surface area (Å²) in [5.74, 6) is 1.55. The zero-order valence-corrected chi connectivity index (χ0v) is 14.9. The number of nitriles is 1. The van der Waals surface area contributed by atoms with Crippen molar-refractivity contribution in [3.05, 3.63) is 23.8 Å². The fourth-order valence-electron chi connectivity index (χ4n) is 3.72. The molecule has 0 radical (unpaired) electrons. The van der Waals surface area contributed by atoms with Crippen LogP contribution in [0.15, 0.2) is 12.4 Å². The summed E-state index contributed by atoms with van der Waals surface area (Å²) in [6, 6.07) is 2.56. The van der Waals surface area contributed by atoms with E-state index < -0.39 is 5.41 Å². The first-order chi connectivity index (χ1) is 11.2. The first kappa shape index (κ1) is 17.9. The van der Waals surface area contributed by atoms with Gasteiger partial charge in [-0.2, -0.15) is 5.26 Å². The van der Waals surface area contributed by atoms with Gasteiger partial charge in [-0.1, -0.05) is 52.4 Å². The van der Waals surface area contributed by atoms with Gasteiger partial charge in [0, 0.05) is 12.4 Å². The van der Waals surface area contributed by atoms with Gasteiger partial charge in [0.1, 0.15) is 11.2 Å². The van der Waals surface area contributed by atoms with Gasteiger partial charge >= 0.3 is 0 Å². The van der Waals surface area contributed by atoms with Gasteiger partial charge in [0.05, 0.1) is 6.07 Å². The molecule has 1 fully saturated rings. The van der Waals surface area contributed by atoms with Crippen molar-refractivity contribution in [3.63, 3.8) is 0 Å². The summed E-state index contributed by atoms with van der Waals surface area (Å²) in [7, 11) is 0. The summed E-state index contributed by atoms with van der Waals surface area (Å²) in [5.41, 5.74) is 0.735. The van der Waals surface area contributed by atoms with Crippen LogP contribution < -0.4 is 0 Å². The van der Waals surface area contributed by atoms with Crippen molar-refractivity contribution in [2.75, 3.05) is 0 Å². The van der Waals surface area contributed by atoms with Crippen molar-refractivity contribution < 1.29 is 0 Å². The maximum atomic E-state index is 9.77. The highest BCUT2D eigenvalue weighted by molar-refractivity contribution is 5.22. The summed E-state index contributed by atoms with van der Waals surface area (Å²) in [6.07, 6.45) is 16.8.